The van der Waals surface area contributed by atoms with Crippen molar-refractivity contribution in [2.24, 2.45) is 11.7 Å². The Morgan fingerprint density at radius 1 is 0.852 bits per heavy atom. The van der Waals surface area contributed by atoms with Crippen LogP contribution < -0.4 is 27.0 Å². The summed E-state index contributed by atoms with van der Waals surface area (Å²) in [6.07, 6.45) is 3.37. The Bertz CT molecular complexity index is 1740. The van der Waals surface area contributed by atoms with E-state index in [2.05, 4.69) is 21.3 Å². The third-order valence-corrected chi connectivity index (χ3v) is 10.3. The molecule has 0 bridgehead atoms. The molecule has 3 aromatic rings. The highest BCUT2D eigenvalue weighted by molar-refractivity contribution is 5.95. The van der Waals surface area contributed by atoms with Crippen LogP contribution in [0.1, 0.15) is 61.6 Å². The summed E-state index contributed by atoms with van der Waals surface area (Å²) in [6, 6.07) is 25.1. The van der Waals surface area contributed by atoms with Gasteiger partial charge in [0.1, 0.15) is 18.1 Å². The normalized spacial score (nSPS) is 20.2. The predicted octanol–water partition coefficient (Wildman–Crippen LogP) is 2.68. The summed E-state index contributed by atoms with van der Waals surface area (Å²) in [5.74, 6) is -2.93. The Morgan fingerprint density at radius 2 is 1.48 bits per heavy atom. The fourth-order valence-corrected chi connectivity index (χ4v) is 7.67. The number of nitrogens with two attached hydrogens (primary N) is 1. The van der Waals surface area contributed by atoms with Crippen molar-refractivity contribution in [1.29, 1.82) is 5.41 Å². The van der Waals surface area contributed by atoms with Gasteiger partial charge in [-0.3, -0.25) is 29.4 Å². The first-order valence-electron chi connectivity index (χ1n) is 18.7. The Labute approximate surface area is 316 Å². The number of nitrogens with one attached hydrogen (secondary N) is 5. The van der Waals surface area contributed by atoms with Gasteiger partial charge in [0.2, 0.25) is 23.6 Å². The highest BCUT2D eigenvalue weighted by Crippen LogP contribution is 2.39. The molecule has 4 amide bonds. The van der Waals surface area contributed by atoms with Gasteiger partial charge < -0.3 is 37.0 Å². The number of rotatable bonds is 18. The van der Waals surface area contributed by atoms with E-state index in [0.29, 0.717) is 44.9 Å². The van der Waals surface area contributed by atoms with Gasteiger partial charge in [-0.2, -0.15) is 0 Å². The smallest absolute Gasteiger partial charge is 0.305 e. The first kappa shape index (κ1) is 39.5. The average Bonchev–Trinajstić information content (AvgIpc) is 3.52. The Morgan fingerprint density at radius 3 is 2.11 bits per heavy atom. The van der Waals surface area contributed by atoms with Gasteiger partial charge in [-0.25, -0.2) is 0 Å². The second kappa shape index (κ2) is 19.4. The zero-order valence-corrected chi connectivity index (χ0v) is 30.4. The highest BCUT2D eigenvalue weighted by Gasteiger charge is 2.51. The van der Waals surface area contributed by atoms with E-state index in [1.54, 1.807) is 4.90 Å². The second-order valence-corrected chi connectivity index (χ2v) is 14.2. The van der Waals surface area contributed by atoms with Crippen LogP contribution in [0, 0.1) is 11.3 Å². The Hall–Kier alpha value is -5.72. The van der Waals surface area contributed by atoms with Crippen LogP contribution in [0.15, 0.2) is 91.0 Å². The van der Waals surface area contributed by atoms with Crippen LogP contribution >= 0.6 is 0 Å². The minimum Gasteiger partial charge on any atom is -0.481 e. The number of amides is 4. The van der Waals surface area contributed by atoms with Crippen molar-refractivity contribution in [2.75, 3.05) is 6.54 Å². The largest absolute Gasteiger partial charge is 0.481 e. The molecule has 0 radical (unpaired) electrons. The molecule has 0 aromatic heterocycles. The molecule has 0 saturated carbocycles. The summed E-state index contributed by atoms with van der Waals surface area (Å²) in [4.78, 5) is 68.8. The molecule has 2 heterocycles. The molecule has 54 heavy (non-hydrogen) atoms. The second-order valence-electron chi connectivity index (χ2n) is 14.2. The van der Waals surface area contributed by atoms with Crippen molar-refractivity contribution in [2.45, 2.75) is 94.4 Å². The minimum atomic E-state index is -1.06. The molecule has 2 saturated heterocycles. The molecule has 2 fully saturated rings. The molecule has 0 aliphatic carbocycles. The summed E-state index contributed by atoms with van der Waals surface area (Å²) in [6.45, 7) is 0.279. The van der Waals surface area contributed by atoms with Gasteiger partial charge in [0.05, 0.1) is 12.8 Å². The molecule has 3 aromatic carbocycles. The summed E-state index contributed by atoms with van der Waals surface area (Å²) in [5.41, 5.74) is 8.37. The summed E-state index contributed by atoms with van der Waals surface area (Å²) < 4.78 is 0. The topological polar surface area (TPSA) is 207 Å². The molecule has 2 aliphatic heterocycles. The number of guanidine groups is 1. The van der Waals surface area contributed by atoms with Gasteiger partial charge in [0.25, 0.3) is 0 Å². The average molecular weight is 738 g/mol. The number of carbonyl (C=O) groups excluding carboxylic acids is 4. The van der Waals surface area contributed by atoms with Gasteiger partial charge in [0, 0.05) is 18.6 Å². The maximum Gasteiger partial charge on any atom is 0.305 e. The lowest BCUT2D eigenvalue weighted by Gasteiger charge is -2.39. The number of nitrogens with zero attached hydrogens (tertiary/aromatic N) is 1. The van der Waals surface area contributed by atoms with Crippen molar-refractivity contribution in [3.63, 3.8) is 0 Å². The quantitative estimate of drug-likeness (QED) is 0.0586. The number of hydrogen-bond donors (Lipinski definition) is 7. The highest BCUT2D eigenvalue weighted by atomic mass is 16.4. The standard InChI is InChI=1S/C41H51N7O6/c42-41(43)44-22-10-17-32(38(52)45-31(26-37(50)51)19-18-27-11-4-1-5-12-27)47-39(53)35-25-30(23-28-13-6-2-7-14-28)34-21-20-33(40(54)48(34)35)46-36(49)24-29-15-8-3-9-16-29/h1-9,11-16,30-35H,10,17-26H2,(H,45,52)(H,46,49)(H,47,53)(H,50,51)(H4,42,43,44)/t30-,31-,32+,33?,34-,35+/m1/s1. The van der Waals surface area contributed by atoms with Gasteiger partial charge >= 0.3 is 5.97 Å². The van der Waals surface area contributed by atoms with Crippen LogP contribution in [0.2, 0.25) is 0 Å². The number of carboxylic acids is 1. The van der Waals surface area contributed by atoms with E-state index in [1.165, 1.54) is 0 Å². The van der Waals surface area contributed by atoms with Gasteiger partial charge in [-0.1, -0.05) is 91.0 Å². The van der Waals surface area contributed by atoms with Crippen LogP contribution in [0.5, 0.6) is 0 Å². The molecule has 2 aliphatic rings. The summed E-state index contributed by atoms with van der Waals surface area (Å²) in [7, 11) is 0. The van der Waals surface area contributed by atoms with Crippen LogP contribution in [-0.4, -0.2) is 82.3 Å². The van der Waals surface area contributed by atoms with Gasteiger partial charge in [-0.05, 0) is 74.0 Å². The summed E-state index contributed by atoms with van der Waals surface area (Å²) >= 11 is 0. The molecule has 1 unspecified atom stereocenters. The molecule has 0 spiro atoms. The number of hydrogen-bond acceptors (Lipinski definition) is 6. The van der Waals surface area contributed by atoms with Crippen LogP contribution in [0.4, 0.5) is 0 Å². The lowest BCUT2D eigenvalue weighted by atomic mass is 9.86. The molecular formula is C41H51N7O6. The number of piperidine rings is 1. The van der Waals surface area contributed by atoms with Crippen molar-refractivity contribution in [3.05, 3.63) is 108 Å². The molecule has 13 heteroatoms. The third kappa shape index (κ3) is 11.4. The van der Waals surface area contributed by atoms with E-state index < -0.39 is 42.0 Å². The maximum atomic E-state index is 14.3. The molecule has 8 N–H and O–H groups in total. The van der Waals surface area contributed by atoms with Gasteiger partial charge in [-0.15, -0.1) is 0 Å². The third-order valence-electron chi connectivity index (χ3n) is 10.3. The van der Waals surface area contributed by atoms with Gasteiger partial charge in [0.15, 0.2) is 5.96 Å². The lowest BCUT2D eigenvalue weighted by molar-refractivity contribution is -0.147. The Kier molecular flexibility index (Phi) is 14.2. The van der Waals surface area contributed by atoms with E-state index >= 15 is 0 Å². The monoisotopic (exact) mass is 737 g/mol. The SMILES string of the molecule is N=C(N)NCCC[C@H](NC(=O)[C@@H]1C[C@@H](Cc2ccccc2)[C@H]2CCC(NC(=O)Cc3ccccc3)C(=O)N21)C(=O)N[C@H](CCc1ccccc1)CC(=O)O. The lowest BCUT2D eigenvalue weighted by Crippen LogP contribution is -2.60. The zero-order chi connectivity index (χ0) is 38.5. The van der Waals surface area contributed by atoms with E-state index in [0.717, 1.165) is 16.7 Å². The number of aryl methyl sites for hydroxylation is 1. The molecular weight excluding hydrogens is 686 g/mol. The van der Waals surface area contributed by atoms with Crippen LogP contribution in [-0.2, 0) is 43.2 Å². The van der Waals surface area contributed by atoms with E-state index in [-0.39, 0.29) is 55.5 Å². The Balaban J connectivity index is 1.33. The first-order chi connectivity index (χ1) is 26.1. The van der Waals surface area contributed by atoms with Crippen molar-refractivity contribution in [3.8, 4) is 0 Å². The van der Waals surface area contributed by atoms with E-state index in [4.69, 9.17) is 11.1 Å². The van der Waals surface area contributed by atoms with Crippen molar-refractivity contribution in [1.82, 2.24) is 26.2 Å². The number of aliphatic carboxylic acids is 1. The number of carboxylic acid groups (broad SMARTS) is 1. The first-order valence-corrected chi connectivity index (χ1v) is 18.7. The fourth-order valence-electron chi connectivity index (χ4n) is 7.67. The molecule has 5 rings (SSSR count). The van der Waals surface area contributed by atoms with E-state index in [1.807, 2.05) is 91.0 Å². The molecule has 286 valence electrons. The van der Waals surface area contributed by atoms with Crippen LogP contribution in [0.3, 0.4) is 0 Å². The van der Waals surface area contributed by atoms with Crippen LogP contribution in [0.25, 0.3) is 0 Å². The number of fused-ring (bicyclic) bond motifs is 1. The fraction of sp³-hybridized carbons (Fsp3) is 0.415. The van der Waals surface area contributed by atoms with Crippen molar-refractivity contribution < 1.29 is 29.1 Å². The molecule has 6 atom stereocenters. The summed E-state index contributed by atoms with van der Waals surface area (Å²) in [5, 5.41) is 28.5. The van der Waals surface area contributed by atoms with Crippen molar-refractivity contribution >= 4 is 35.6 Å². The predicted molar refractivity (Wildman–Crippen MR) is 204 cm³/mol. The number of benzene rings is 3. The molecule has 13 nitrogen and oxygen atoms in total. The van der Waals surface area contributed by atoms with E-state index in [9.17, 15) is 29.1 Å². The number of carbonyl (C=O) groups is 5. The minimum absolute atomic E-state index is 0.0296. The zero-order valence-electron chi connectivity index (χ0n) is 30.4. The maximum absolute atomic E-state index is 14.3.